The smallest absolute Gasteiger partial charge is 0.254 e. The molecule has 1 aliphatic carbocycles. The van der Waals surface area contributed by atoms with Gasteiger partial charge in [0, 0.05) is 12.0 Å². The molecule has 3 N–H and O–H groups in total. The number of hydrogen-bond donors (Lipinski definition) is 2. The predicted molar refractivity (Wildman–Crippen MR) is 76.7 cm³/mol. The van der Waals surface area contributed by atoms with Crippen LogP contribution in [0.1, 0.15) is 36.0 Å². The van der Waals surface area contributed by atoms with E-state index in [-0.39, 0.29) is 34.1 Å². The van der Waals surface area contributed by atoms with Gasteiger partial charge in [0.1, 0.15) is 10.3 Å². The Kier molecular flexibility index (Phi) is 4.83. The quantitative estimate of drug-likeness (QED) is 0.838. The van der Waals surface area contributed by atoms with Gasteiger partial charge in [-0.25, -0.2) is 4.98 Å². The number of nitrogens with zero attached hydrogens (tertiary/aromatic N) is 1. The van der Waals surface area contributed by atoms with Crippen molar-refractivity contribution in [1.82, 2.24) is 10.3 Å². The second kappa shape index (κ2) is 6.41. The minimum atomic E-state index is -0.276. The molecule has 0 aliphatic heterocycles. The van der Waals surface area contributed by atoms with Crippen LogP contribution in [0.15, 0.2) is 12.1 Å². The molecule has 1 fully saturated rings. The zero-order chi connectivity index (χ0) is 14.7. The third-order valence-corrected chi connectivity index (χ3v) is 4.02. The van der Waals surface area contributed by atoms with Gasteiger partial charge in [0.15, 0.2) is 0 Å². The minimum absolute atomic E-state index is 0.0323. The van der Waals surface area contributed by atoms with Crippen LogP contribution in [0, 0.1) is 5.92 Å². The molecule has 0 radical (unpaired) electrons. The van der Waals surface area contributed by atoms with Gasteiger partial charge < -0.3 is 11.1 Å². The van der Waals surface area contributed by atoms with Crippen LogP contribution < -0.4 is 11.1 Å². The van der Waals surface area contributed by atoms with Crippen molar-refractivity contribution in [3.8, 4) is 0 Å². The van der Waals surface area contributed by atoms with Crippen LogP contribution >= 0.6 is 23.2 Å². The summed E-state index contributed by atoms with van der Waals surface area (Å²) in [4.78, 5) is 27.0. The third kappa shape index (κ3) is 3.61. The van der Waals surface area contributed by atoms with Gasteiger partial charge in [0.2, 0.25) is 5.91 Å². The van der Waals surface area contributed by atoms with Crippen LogP contribution in [0.2, 0.25) is 10.3 Å². The van der Waals surface area contributed by atoms with Gasteiger partial charge in [0.25, 0.3) is 5.91 Å². The maximum atomic E-state index is 12.1. The lowest BCUT2D eigenvalue weighted by molar-refractivity contribution is -0.122. The third-order valence-electron chi connectivity index (χ3n) is 3.52. The molecule has 108 valence electrons. The first-order valence-corrected chi connectivity index (χ1v) is 7.15. The van der Waals surface area contributed by atoms with Crippen molar-refractivity contribution < 1.29 is 9.59 Å². The average molecular weight is 316 g/mol. The summed E-state index contributed by atoms with van der Waals surface area (Å²) < 4.78 is 0. The van der Waals surface area contributed by atoms with Gasteiger partial charge in [-0.3, -0.25) is 9.59 Å². The van der Waals surface area contributed by atoms with E-state index in [0.717, 1.165) is 12.8 Å². The van der Waals surface area contributed by atoms with E-state index in [0.29, 0.717) is 18.4 Å². The molecule has 1 aromatic heterocycles. The second-order valence-electron chi connectivity index (χ2n) is 4.90. The average Bonchev–Trinajstić information content (AvgIpc) is 2.39. The molecule has 20 heavy (non-hydrogen) atoms. The Bertz CT molecular complexity index is 528. The number of halogens is 2. The summed E-state index contributed by atoms with van der Waals surface area (Å²) >= 11 is 11.6. The molecule has 7 heteroatoms. The molecule has 0 saturated heterocycles. The molecule has 0 unspecified atom stereocenters. The SMILES string of the molecule is NC(=O)C1CCC(NC(=O)c2ccc(Cl)nc2Cl)CC1. The van der Waals surface area contributed by atoms with E-state index < -0.39 is 0 Å². The monoisotopic (exact) mass is 315 g/mol. The number of carbonyl (C=O) groups is 2. The number of hydrogen-bond acceptors (Lipinski definition) is 3. The first kappa shape index (κ1) is 15.1. The lowest BCUT2D eigenvalue weighted by Crippen LogP contribution is -2.39. The van der Waals surface area contributed by atoms with Crippen molar-refractivity contribution in [2.45, 2.75) is 31.7 Å². The highest BCUT2D eigenvalue weighted by molar-refractivity contribution is 6.34. The van der Waals surface area contributed by atoms with E-state index in [1.807, 2.05) is 0 Å². The molecule has 1 heterocycles. The Hall–Kier alpha value is -1.33. The first-order valence-electron chi connectivity index (χ1n) is 6.39. The van der Waals surface area contributed by atoms with Crippen molar-refractivity contribution in [3.05, 3.63) is 28.0 Å². The highest BCUT2D eigenvalue weighted by Crippen LogP contribution is 2.24. The van der Waals surface area contributed by atoms with Crippen LogP contribution in [0.3, 0.4) is 0 Å². The summed E-state index contributed by atoms with van der Waals surface area (Å²) in [6.07, 6.45) is 2.87. The molecular formula is C13H15Cl2N3O2. The molecule has 0 spiro atoms. The molecule has 2 rings (SSSR count). The minimum Gasteiger partial charge on any atom is -0.369 e. The van der Waals surface area contributed by atoms with Crippen LogP contribution in [-0.2, 0) is 4.79 Å². The zero-order valence-corrected chi connectivity index (χ0v) is 12.2. The van der Waals surface area contributed by atoms with Crippen LogP contribution in [0.25, 0.3) is 0 Å². The number of carbonyl (C=O) groups excluding carboxylic acids is 2. The number of nitrogens with one attached hydrogen (secondary N) is 1. The molecule has 0 atom stereocenters. The number of pyridine rings is 1. The van der Waals surface area contributed by atoms with E-state index in [4.69, 9.17) is 28.9 Å². The summed E-state index contributed by atoms with van der Waals surface area (Å²) in [7, 11) is 0. The van der Waals surface area contributed by atoms with Crippen molar-refractivity contribution >= 4 is 35.0 Å². The number of primary amides is 1. The van der Waals surface area contributed by atoms with Crippen LogP contribution in [-0.4, -0.2) is 22.8 Å². The van der Waals surface area contributed by atoms with Crippen molar-refractivity contribution in [1.29, 1.82) is 0 Å². The topological polar surface area (TPSA) is 85.1 Å². The summed E-state index contributed by atoms with van der Waals surface area (Å²) in [5.74, 6) is -0.620. The summed E-state index contributed by atoms with van der Waals surface area (Å²) in [6.45, 7) is 0. The maximum Gasteiger partial charge on any atom is 0.254 e. The molecule has 2 amide bonds. The van der Waals surface area contributed by atoms with Gasteiger partial charge in [-0.15, -0.1) is 0 Å². The van der Waals surface area contributed by atoms with E-state index >= 15 is 0 Å². The van der Waals surface area contributed by atoms with Crippen LogP contribution in [0.4, 0.5) is 0 Å². The fraction of sp³-hybridized carbons (Fsp3) is 0.462. The summed E-state index contributed by atoms with van der Waals surface area (Å²) in [6, 6.07) is 3.10. The number of amides is 2. The largest absolute Gasteiger partial charge is 0.369 e. The Morgan fingerprint density at radius 2 is 1.85 bits per heavy atom. The van der Waals surface area contributed by atoms with E-state index in [1.165, 1.54) is 6.07 Å². The summed E-state index contributed by atoms with van der Waals surface area (Å²) in [5.41, 5.74) is 5.57. The molecule has 1 saturated carbocycles. The van der Waals surface area contributed by atoms with Gasteiger partial charge >= 0.3 is 0 Å². The number of rotatable bonds is 3. The Morgan fingerprint density at radius 1 is 1.20 bits per heavy atom. The first-order chi connectivity index (χ1) is 9.47. The molecule has 1 aromatic rings. The lowest BCUT2D eigenvalue weighted by Gasteiger charge is -2.27. The van der Waals surface area contributed by atoms with Crippen molar-refractivity contribution in [2.24, 2.45) is 11.7 Å². The second-order valence-corrected chi connectivity index (χ2v) is 5.64. The van der Waals surface area contributed by atoms with Crippen molar-refractivity contribution in [2.75, 3.05) is 0 Å². The molecule has 0 aromatic carbocycles. The van der Waals surface area contributed by atoms with E-state index in [1.54, 1.807) is 6.07 Å². The predicted octanol–water partition coefficient (Wildman–Crippen LogP) is 2.16. The lowest BCUT2D eigenvalue weighted by atomic mass is 9.85. The Morgan fingerprint density at radius 3 is 2.40 bits per heavy atom. The Balaban J connectivity index is 1.94. The molecule has 5 nitrogen and oxygen atoms in total. The highest BCUT2D eigenvalue weighted by Gasteiger charge is 2.26. The molecular weight excluding hydrogens is 301 g/mol. The van der Waals surface area contributed by atoms with Gasteiger partial charge in [-0.05, 0) is 37.8 Å². The van der Waals surface area contributed by atoms with E-state index in [2.05, 4.69) is 10.3 Å². The van der Waals surface area contributed by atoms with Crippen LogP contribution in [0.5, 0.6) is 0 Å². The van der Waals surface area contributed by atoms with Crippen molar-refractivity contribution in [3.63, 3.8) is 0 Å². The highest BCUT2D eigenvalue weighted by atomic mass is 35.5. The van der Waals surface area contributed by atoms with Gasteiger partial charge in [-0.1, -0.05) is 23.2 Å². The van der Waals surface area contributed by atoms with Gasteiger partial charge in [-0.2, -0.15) is 0 Å². The fourth-order valence-electron chi connectivity index (χ4n) is 2.37. The van der Waals surface area contributed by atoms with Gasteiger partial charge in [0.05, 0.1) is 5.56 Å². The number of nitrogens with two attached hydrogens (primary N) is 1. The maximum absolute atomic E-state index is 12.1. The standard InChI is InChI=1S/C13H15Cl2N3O2/c14-10-6-5-9(11(15)18-10)13(20)17-8-3-1-7(2-4-8)12(16)19/h5-8H,1-4H2,(H2,16,19)(H,17,20). The fourth-order valence-corrected chi connectivity index (χ4v) is 2.80. The number of aromatic nitrogens is 1. The zero-order valence-electron chi connectivity index (χ0n) is 10.7. The normalized spacial score (nSPS) is 22.3. The Labute approximate surface area is 126 Å². The summed E-state index contributed by atoms with van der Waals surface area (Å²) in [5, 5.41) is 3.22. The molecule has 1 aliphatic rings. The van der Waals surface area contributed by atoms with E-state index in [9.17, 15) is 9.59 Å². The molecule has 0 bridgehead atoms.